The zero-order valence-corrected chi connectivity index (χ0v) is 8.40. The molecule has 0 saturated heterocycles. The van der Waals surface area contributed by atoms with Gasteiger partial charge in [0.2, 0.25) is 6.08 Å². The second kappa shape index (κ2) is 3.83. The van der Waals surface area contributed by atoms with E-state index >= 15 is 0 Å². The lowest BCUT2D eigenvalue weighted by Crippen LogP contribution is -2.27. The Balaban J connectivity index is 2.55. The van der Waals surface area contributed by atoms with Crippen LogP contribution in [0.3, 0.4) is 0 Å². The molecule has 3 nitrogen and oxygen atoms in total. The van der Waals surface area contributed by atoms with E-state index in [0.717, 1.165) is 12.2 Å². The van der Waals surface area contributed by atoms with Crippen LogP contribution in [0.5, 0.6) is 0 Å². The summed E-state index contributed by atoms with van der Waals surface area (Å²) in [6.45, 7) is 0.770. The lowest BCUT2D eigenvalue weighted by molar-refractivity contribution is 0.530. The smallest absolute Gasteiger partial charge is 0.235 e. The van der Waals surface area contributed by atoms with Gasteiger partial charge in [0.15, 0.2) is 0 Å². The number of fused-ring (bicyclic) bond motifs is 1. The molecule has 0 aliphatic carbocycles. The molecule has 1 aromatic rings. The molecular formula is C11H11FN2O. The standard InChI is InChI=1S/C11H11FN2O/c1-14-6-5-9(13-7-15)11-8(12)3-2-4-10(11)14/h2-4,9H,5-6H2,1H3. The molecule has 1 atom stereocenters. The highest BCUT2D eigenvalue weighted by atomic mass is 19.1. The average molecular weight is 206 g/mol. The average Bonchev–Trinajstić information content (AvgIpc) is 2.23. The number of hydrogen-bond acceptors (Lipinski definition) is 3. The molecule has 0 spiro atoms. The van der Waals surface area contributed by atoms with Crippen LogP contribution in [-0.4, -0.2) is 19.7 Å². The number of halogens is 1. The van der Waals surface area contributed by atoms with Crippen molar-refractivity contribution >= 4 is 11.8 Å². The van der Waals surface area contributed by atoms with Crippen LogP contribution in [0.25, 0.3) is 0 Å². The summed E-state index contributed by atoms with van der Waals surface area (Å²) < 4.78 is 13.6. The highest BCUT2D eigenvalue weighted by Gasteiger charge is 2.25. The summed E-state index contributed by atoms with van der Waals surface area (Å²) in [6.07, 6.45) is 2.16. The number of benzene rings is 1. The first-order valence-corrected chi connectivity index (χ1v) is 4.80. The number of hydrogen-bond donors (Lipinski definition) is 0. The van der Waals surface area contributed by atoms with E-state index in [0.29, 0.717) is 12.0 Å². The van der Waals surface area contributed by atoms with Crippen molar-refractivity contribution in [2.45, 2.75) is 12.5 Å². The largest absolute Gasteiger partial charge is 0.374 e. The predicted octanol–water partition coefficient (Wildman–Crippen LogP) is 2.04. The highest BCUT2D eigenvalue weighted by Crippen LogP contribution is 2.36. The number of anilines is 1. The number of carbonyl (C=O) groups excluding carboxylic acids is 1. The lowest BCUT2D eigenvalue weighted by Gasteiger charge is -2.30. The first-order valence-electron chi connectivity index (χ1n) is 4.80. The van der Waals surface area contributed by atoms with Crippen LogP contribution in [0.4, 0.5) is 10.1 Å². The number of aliphatic imine (C=N–C) groups is 1. The Hall–Kier alpha value is -1.67. The Morgan fingerprint density at radius 1 is 1.60 bits per heavy atom. The SMILES string of the molecule is CN1CCC(N=C=O)c2c(F)cccc21. The fraction of sp³-hybridized carbons (Fsp3) is 0.364. The maximum atomic E-state index is 13.6. The minimum atomic E-state index is -0.380. The third-order valence-corrected chi connectivity index (χ3v) is 2.72. The van der Waals surface area contributed by atoms with Crippen molar-refractivity contribution < 1.29 is 9.18 Å². The van der Waals surface area contributed by atoms with Crippen LogP contribution in [0.2, 0.25) is 0 Å². The molecule has 1 unspecified atom stereocenters. The summed E-state index contributed by atoms with van der Waals surface area (Å²) in [7, 11) is 1.90. The van der Waals surface area contributed by atoms with E-state index in [-0.39, 0.29) is 11.9 Å². The van der Waals surface area contributed by atoms with Gasteiger partial charge in [-0.25, -0.2) is 9.18 Å². The highest BCUT2D eigenvalue weighted by molar-refractivity contribution is 5.57. The molecule has 0 N–H and O–H groups in total. The normalized spacial score (nSPS) is 19.3. The van der Waals surface area contributed by atoms with Crippen LogP contribution in [0.1, 0.15) is 18.0 Å². The summed E-state index contributed by atoms with van der Waals surface area (Å²) in [5, 5.41) is 0. The third-order valence-electron chi connectivity index (χ3n) is 2.72. The van der Waals surface area contributed by atoms with Crippen molar-refractivity contribution in [3.8, 4) is 0 Å². The quantitative estimate of drug-likeness (QED) is 0.520. The molecule has 2 rings (SSSR count). The molecular weight excluding hydrogens is 195 g/mol. The summed E-state index contributed by atoms with van der Waals surface area (Å²) >= 11 is 0. The summed E-state index contributed by atoms with van der Waals surface area (Å²) in [5.74, 6) is -0.303. The van der Waals surface area contributed by atoms with E-state index < -0.39 is 0 Å². The molecule has 0 radical (unpaired) electrons. The molecule has 4 heteroatoms. The zero-order chi connectivity index (χ0) is 10.8. The van der Waals surface area contributed by atoms with Gasteiger partial charge in [0, 0.05) is 24.8 Å². The Morgan fingerprint density at radius 2 is 2.40 bits per heavy atom. The van der Waals surface area contributed by atoms with Crippen LogP contribution in [0.15, 0.2) is 23.2 Å². The Morgan fingerprint density at radius 3 is 3.13 bits per heavy atom. The molecule has 1 aliphatic rings. The topological polar surface area (TPSA) is 32.7 Å². The van der Waals surface area contributed by atoms with Gasteiger partial charge in [-0.3, -0.25) is 0 Å². The van der Waals surface area contributed by atoms with Crippen molar-refractivity contribution in [2.75, 3.05) is 18.5 Å². The van der Waals surface area contributed by atoms with Gasteiger partial charge in [-0.05, 0) is 18.6 Å². The van der Waals surface area contributed by atoms with E-state index in [1.165, 1.54) is 12.1 Å². The molecule has 78 valence electrons. The second-order valence-corrected chi connectivity index (χ2v) is 3.62. The molecule has 0 amide bonds. The molecule has 15 heavy (non-hydrogen) atoms. The van der Waals surface area contributed by atoms with Crippen LogP contribution in [0, 0.1) is 5.82 Å². The fourth-order valence-corrected chi connectivity index (χ4v) is 1.96. The molecule has 0 bridgehead atoms. The Labute approximate surface area is 87.2 Å². The molecule has 1 aromatic carbocycles. The van der Waals surface area contributed by atoms with Crippen molar-refractivity contribution in [1.29, 1.82) is 0 Å². The van der Waals surface area contributed by atoms with E-state index in [1.54, 1.807) is 6.07 Å². The van der Waals surface area contributed by atoms with Crippen LogP contribution < -0.4 is 4.90 Å². The van der Waals surface area contributed by atoms with Gasteiger partial charge in [0.25, 0.3) is 0 Å². The maximum Gasteiger partial charge on any atom is 0.235 e. The summed E-state index contributed by atoms with van der Waals surface area (Å²) in [4.78, 5) is 15.9. The number of isocyanates is 1. The molecule has 0 fully saturated rings. The first kappa shape index (κ1) is 9.87. The lowest BCUT2D eigenvalue weighted by atomic mass is 9.97. The maximum absolute atomic E-state index is 13.6. The van der Waals surface area contributed by atoms with Gasteiger partial charge in [-0.1, -0.05) is 6.07 Å². The van der Waals surface area contributed by atoms with Gasteiger partial charge in [-0.2, -0.15) is 4.99 Å². The van der Waals surface area contributed by atoms with Crippen molar-refractivity contribution in [2.24, 2.45) is 4.99 Å². The van der Waals surface area contributed by atoms with Gasteiger partial charge in [0.1, 0.15) is 5.82 Å². The van der Waals surface area contributed by atoms with Gasteiger partial charge in [-0.15, -0.1) is 0 Å². The van der Waals surface area contributed by atoms with Crippen molar-refractivity contribution in [3.63, 3.8) is 0 Å². The van der Waals surface area contributed by atoms with E-state index in [9.17, 15) is 9.18 Å². The van der Waals surface area contributed by atoms with Crippen molar-refractivity contribution in [1.82, 2.24) is 0 Å². The third kappa shape index (κ3) is 1.64. The van der Waals surface area contributed by atoms with E-state index in [2.05, 4.69) is 4.99 Å². The fourth-order valence-electron chi connectivity index (χ4n) is 1.96. The van der Waals surface area contributed by atoms with E-state index in [1.807, 2.05) is 18.0 Å². The number of rotatable bonds is 1. The monoisotopic (exact) mass is 206 g/mol. The minimum Gasteiger partial charge on any atom is -0.374 e. The predicted molar refractivity (Wildman–Crippen MR) is 55.1 cm³/mol. The minimum absolute atomic E-state index is 0.303. The Bertz CT molecular complexity index is 427. The first-order chi connectivity index (χ1) is 7.24. The summed E-state index contributed by atoms with van der Waals surface area (Å²) in [5.41, 5.74) is 1.32. The molecule has 1 aliphatic heterocycles. The van der Waals surface area contributed by atoms with Gasteiger partial charge >= 0.3 is 0 Å². The van der Waals surface area contributed by atoms with Crippen LogP contribution in [-0.2, 0) is 4.79 Å². The zero-order valence-electron chi connectivity index (χ0n) is 8.40. The van der Waals surface area contributed by atoms with Crippen LogP contribution >= 0.6 is 0 Å². The summed E-state index contributed by atoms with van der Waals surface area (Å²) in [6, 6.07) is 4.52. The number of nitrogens with zero attached hydrogens (tertiary/aromatic N) is 2. The Kier molecular flexibility index (Phi) is 2.52. The molecule has 0 aromatic heterocycles. The van der Waals surface area contributed by atoms with Crippen molar-refractivity contribution in [3.05, 3.63) is 29.6 Å². The van der Waals surface area contributed by atoms with Gasteiger partial charge < -0.3 is 4.90 Å². The second-order valence-electron chi connectivity index (χ2n) is 3.62. The van der Waals surface area contributed by atoms with E-state index in [4.69, 9.17) is 0 Å². The van der Waals surface area contributed by atoms with Gasteiger partial charge in [0.05, 0.1) is 6.04 Å². The molecule has 1 heterocycles. The molecule has 0 saturated carbocycles.